The molecule has 0 radical (unpaired) electrons. The van der Waals surface area contributed by atoms with Crippen LogP contribution in [0.15, 0.2) is 18.3 Å². The van der Waals surface area contributed by atoms with Gasteiger partial charge in [-0.05, 0) is 37.3 Å². The van der Waals surface area contributed by atoms with E-state index in [1.807, 2.05) is 0 Å². The lowest BCUT2D eigenvalue weighted by Gasteiger charge is -2.32. The van der Waals surface area contributed by atoms with Gasteiger partial charge in [-0.25, -0.2) is 12.7 Å². The summed E-state index contributed by atoms with van der Waals surface area (Å²) in [4.78, 5) is 4.28. The van der Waals surface area contributed by atoms with E-state index in [1.165, 1.54) is 10.6 Å². The standard InChI is InChI=1S/C13H21ClN4O2S/c1-21(19,20)18-7-3-4-10(9-18)8-12(17-15)13-11(14)5-2-6-16-13/h2,5-6,10,12,17H,3-4,7-9,15H2,1H3. The molecule has 0 spiro atoms. The van der Waals surface area contributed by atoms with Gasteiger partial charge in [0.1, 0.15) is 0 Å². The molecule has 1 fully saturated rings. The van der Waals surface area contributed by atoms with E-state index in [9.17, 15) is 8.42 Å². The molecule has 0 aromatic carbocycles. The molecule has 1 aliphatic rings. The van der Waals surface area contributed by atoms with Gasteiger partial charge in [-0.15, -0.1) is 0 Å². The van der Waals surface area contributed by atoms with Crippen molar-refractivity contribution in [2.75, 3.05) is 19.3 Å². The number of hydrogen-bond acceptors (Lipinski definition) is 5. The normalized spacial score (nSPS) is 22.1. The Hall–Kier alpha value is -0.730. The van der Waals surface area contributed by atoms with Crippen LogP contribution in [0.4, 0.5) is 0 Å². The third-order valence-corrected chi connectivity index (χ3v) is 5.43. The Morgan fingerprint density at radius 1 is 1.62 bits per heavy atom. The molecule has 0 bridgehead atoms. The minimum Gasteiger partial charge on any atom is -0.271 e. The lowest BCUT2D eigenvalue weighted by atomic mass is 9.91. The number of halogens is 1. The van der Waals surface area contributed by atoms with Gasteiger partial charge >= 0.3 is 0 Å². The van der Waals surface area contributed by atoms with Crippen LogP contribution >= 0.6 is 11.6 Å². The van der Waals surface area contributed by atoms with Gasteiger partial charge in [-0.2, -0.15) is 0 Å². The molecule has 2 heterocycles. The molecule has 6 nitrogen and oxygen atoms in total. The number of nitrogens with two attached hydrogens (primary N) is 1. The van der Waals surface area contributed by atoms with Gasteiger partial charge in [-0.3, -0.25) is 16.3 Å². The Morgan fingerprint density at radius 2 is 2.38 bits per heavy atom. The summed E-state index contributed by atoms with van der Waals surface area (Å²) < 4.78 is 24.9. The molecular weight excluding hydrogens is 312 g/mol. The highest BCUT2D eigenvalue weighted by molar-refractivity contribution is 7.88. The number of piperidine rings is 1. The fourth-order valence-electron chi connectivity index (χ4n) is 2.77. The van der Waals surface area contributed by atoms with Gasteiger partial charge in [0.2, 0.25) is 10.0 Å². The van der Waals surface area contributed by atoms with E-state index in [0.29, 0.717) is 30.2 Å². The van der Waals surface area contributed by atoms with E-state index < -0.39 is 10.0 Å². The van der Waals surface area contributed by atoms with Crippen molar-refractivity contribution in [1.29, 1.82) is 0 Å². The molecule has 2 atom stereocenters. The first-order valence-corrected chi connectivity index (χ1v) is 9.16. The van der Waals surface area contributed by atoms with E-state index in [1.54, 1.807) is 18.3 Å². The van der Waals surface area contributed by atoms with Gasteiger partial charge in [0.25, 0.3) is 0 Å². The Labute approximate surface area is 130 Å². The molecule has 1 saturated heterocycles. The molecule has 8 heteroatoms. The zero-order valence-corrected chi connectivity index (χ0v) is 13.6. The summed E-state index contributed by atoms with van der Waals surface area (Å²) in [5.41, 5.74) is 3.45. The molecule has 1 aliphatic heterocycles. The van der Waals surface area contributed by atoms with Gasteiger partial charge in [0.05, 0.1) is 23.0 Å². The summed E-state index contributed by atoms with van der Waals surface area (Å²) in [6.07, 6.45) is 5.48. The summed E-state index contributed by atoms with van der Waals surface area (Å²) >= 11 is 6.15. The molecular formula is C13H21ClN4O2S. The quantitative estimate of drug-likeness (QED) is 0.627. The lowest BCUT2D eigenvalue weighted by molar-refractivity contribution is 0.237. The van der Waals surface area contributed by atoms with Crippen LogP contribution in [-0.2, 0) is 10.0 Å². The molecule has 3 N–H and O–H groups in total. The van der Waals surface area contributed by atoms with Crippen molar-refractivity contribution in [1.82, 2.24) is 14.7 Å². The van der Waals surface area contributed by atoms with Crippen LogP contribution in [0.2, 0.25) is 5.02 Å². The highest BCUT2D eigenvalue weighted by atomic mass is 35.5. The van der Waals surface area contributed by atoms with Crippen molar-refractivity contribution in [3.8, 4) is 0 Å². The molecule has 118 valence electrons. The fraction of sp³-hybridized carbons (Fsp3) is 0.615. The molecule has 21 heavy (non-hydrogen) atoms. The zero-order valence-electron chi connectivity index (χ0n) is 12.0. The van der Waals surface area contributed by atoms with Crippen molar-refractivity contribution in [2.45, 2.75) is 25.3 Å². The predicted octanol–water partition coefficient (Wildman–Crippen LogP) is 1.30. The number of rotatable bonds is 5. The second-order valence-electron chi connectivity index (χ2n) is 5.45. The summed E-state index contributed by atoms with van der Waals surface area (Å²) in [6, 6.07) is 3.37. The maximum Gasteiger partial charge on any atom is 0.211 e. The second-order valence-corrected chi connectivity index (χ2v) is 7.84. The molecule has 0 aliphatic carbocycles. The smallest absolute Gasteiger partial charge is 0.211 e. The summed E-state index contributed by atoms with van der Waals surface area (Å²) in [7, 11) is -3.13. The summed E-state index contributed by atoms with van der Waals surface area (Å²) in [6.45, 7) is 1.13. The number of nitrogens with zero attached hydrogens (tertiary/aromatic N) is 2. The zero-order chi connectivity index (χ0) is 15.5. The van der Waals surface area contributed by atoms with Crippen molar-refractivity contribution in [2.24, 2.45) is 11.8 Å². The van der Waals surface area contributed by atoms with Crippen LogP contribution in [0.25, 0.3) is 0 Å². The SMILES string of the molecule is CS(=O)(=O)N1CCCC(CC(NN)c2ncccc2Cl)C1. The van der Waals surface area contributed by atoms with Crippen molar-refractivity contribution in [3.05, 3.63) is 29.0 Å². The monoisotopic (exact) mass is 332 g/mol. The van der Waals surface area contributed by atoms with Gasteiger partial charge in [0.15, 0.2) is 0 Å². The molecule has 0 saturated carbocycles. The first kappa shape index (κ1) is 16.6. The van der Waals surface area contributed by atoms with E-state index in [2.05, 4.69) is 10.4 Å². The first-order chi connectivity index (χ1) is 9.91. The van der Waals surface area contributed by atoms with Crippen LogP contribution in [0.1, 0.15) is 31.0 Å². The van der Waals surface area contributed by atoms with Crippen LogP contribution < -0.4 is 11.3 Å². The van der Waals surface area contributed by atoms with E-state index in [0.717, 1.165) is 12.8 Å². The Morgan fingerprint density at radius 3 is 3.00 bits per heavy atom. The van der Waals surface area contributed by atoms with Gasteiger partial charge < -0.3 is 0 Å². The van der Waals surface area contributed by atoms with Gasteiger partial charge in [0, 0.05) is 19.3 Å². The van der Waals surface area contributed by atoms with E-state index >= 15 is 0 Å². The Kier molecular flexibility index (Phi) is 5.56. The minimum atomic E-state index is -3.13. The third-order valence-electron chi connectivity index (χ3n) is 3.84. The minimum absolute atomic E-state index is 0.178. The second kappa shape index (κ2) is 7.02. The van der Waals surface area contributed by atoms with Crippen LogP contribution in [0.3, 0.4) is 0 Å². The molecule has 1 aromatic rings. The Balaban J connectivity index is 2.07. The topological polar surface area (TPSA) is 88.3 Å². The fourth-order valence-corrected chi connectivity index (χ4v) is 3.96. The summed E-state index contributed by atoms with van der Waals surface area (Å²) in [5, 5.41) is 0.566. The number of aromatic nitrogens is 1. The third kappa shape index (κ3) is 4.37. The van der Waals surface area contributed by atoms with Crippen molar-refractivity contribution < 1.29 is 8.42 Å². The Bertz CT molecular complexity index is 581. The number of hydrazine groups is 1. The molecule has 2 unspecified atom stereocenters. The lowest BCUT2D eigenvalue weighted by Crippen LogP contribution is -2.41. The number of pyridine rings is 1. The number of hydrogen-bond donors (Lipinski definition) is 2. The number of nitrogens with one attached hydrogen (secondary N) is 1. The van der Waals surface area contributed by atoms with Crippen LogP contribution in [0, 0.1) is 5.92 Å². The van der Waals surface area contributed by atoms with Crippen molar-refractivity contribution >= 4 is 21.6 Å². The average Bonchev–Trinajstić information content (AvgIpc) is 2.45. The number of sulfonamides is 1. The highest BCUT2D eigenvalue weighted by Crippen LogP contribution is 2.30. The summed E-state index contributed by atoms with van der Waals surface area (Å²) in [5.74, 6) is 5.87. The first-order valence-electron chi connectivity index (χ1n) is 6.93. The molecule has 0 amide bonds. The van der Waals surface area contributed by atoms with Crippen LogP contribution in [-0.4, -0.2) is 37.1 Å². The molecule has 1 aromatic heterocycles. The van der Waals surface area contributed by atoms with Crippen LogP contribution in [0.5, 0.6) is 0 Å². The van der Waals surface area contributed by atoms with E-state index in [4.69, 9.17) is 17.4 Å². The average molecular weight is 333 g/mol. The maximum absolute atomic E-state index is 11.7. The molecule has 2 rings (SSSR count). The van der Waals surface area contributed by atoms with Gasteiger partial charge in [-0.1, -0.05) is 11.6 Å². The van der Waals surface area contributed by atoms with E-state index in [-0.39, 0.29) is 12.0 Å². The largest absolute Gasteiger partial charge is 0.271 e. The predicted molar refractivity (Wildman–Crippen MR) is 83.1 cm³/mol. The van der Waals surface area contributed by atoms with Crippen molar-refractivity contribution in [3.63, 3.8) is 0 Å². The maximum atomic E-state index is 11.7. The highest BCUT2D eigenvalue weighted by Gasteiger charge is 2.28.